The fraction of sp³-hybridized carbons (Fsp3) is 0.333. The van der Waals surface area contributed by atoms with E-state index in [9.17, 15) is 9.59 Å². The number of carbonyl (C=O) groups excluding carboxylic acids is 1. The minimum Gasteiger partial charge on any atom is -0.481 e. The van der Waals surface area contributed by atoms with E-state index in [1.54, 1.807) is 20.0 Å². The molecule has 1 N–H and O–H groups in total. The molecule has 0 aliphatic rings. The van der Waals surface area contributed by atoms with Gasteiger partial charge in [-0.3, -0.25) is 9.59 Å². The molecule has 0 saturated heterocycles. The minimum absolute atomic E-state index is 0.138. The second-order valence-corrected chi connectivity index (χ2v) is 5.60. The summed E-state index contributed by atoms with van der Waals surface area (Å²) in [5, 5.41) is 10.5. The van der Waals surface area contributed by atoms with E-state index in [1.807, 2.05) is 29.0 Å². The summed E-state index contributed by atoms with van der Waals surface area (Å²) in [7, 11) is 1.61. The van der Waals surface area contributed by atoms with Gasteiger partial charge in [0.2, 0.25) is 5.91 Å². The molecule has 1 heterocycles. The lowest BCUT2D eigenvalue weighted by Gasteiger charge is -2.20. The number of aliphatic carboxylic acids is 1. The van der Waals surface area contributed by atoms with Gasteiger partial charge in [0.05, 0.1) is 5.92 Å². The zero-order valence-electron chi connectivity index (χ0n) is 11.9. The van der Waals surface area contributed by atoms with Crippen LogP contribution in [0.2, 0.25) is 5.02 Å². The van der Waals surface area contributed by atoms with Gasteiger partial charge in [-0.1, -0.05) is 24.6 Å². The van der Waals surface area contributed by atoms with Crippen LogP contribution in [0.1, 0.15) is 6.92 Å². The standard InChI is InChI=1S/C15H17ClN2O3/c1-10(15(20)21)8-17(2)14(19)9-18-6-5-11-3-4-12(16)7-13(11)18/h3-7,10H,8-9H2,1-2H3,(H,20,21). The molecule has 1 aromatic carbocycles. The molecule has 0 fully saturated rings. The summed E-state index contributed by atoms with van der Waals surface area (Å²) in [5.41, 5.74) is 0.885. The number of amides is 1. The molecular formula is C15H17ClN2O3. The monoisotopic (exact) mass is 308 g/mol. The van der Waals surface area contributed by atoms with Crippen molar-refractivity contribution in [2.24, 2.45) is 5.92 Å². The topological polar surface area (TPSA) is 62.5 Å². The number of nitrogens with zero attached hydrogens (tertiary/aromatic N) is 2. The number of likely N-dealkylation sites (N-methyl/N-ethyl adjacent to an activating group) is 1. The van der Waals surface area contributed by atoms with Gasteiger partial charge in [-0.15, -0.1) is 0 Å². The number of halogens is 1. The highest BCUT2D eigenvalue weighted by Gasteiger charge is 2.18. The Morgan fingerprint density at radius 3 is 2.76 bits per heavy atom. The Kier molecular flexibility index (Phi) is 4.53. The van der Waals surface area contributed by atoms with Crippen molar-refractivity contribution in [1.29, 1.82) is 0 Å². The summed E-state index contributed by atoms with van der Waals surface area (Å²) >= 11 is 5.98. The summed E-state index contributed by atoms with van der Waals surface area (Å²) in [6.07, 6.45) is 1.83. The van der Waals surface area contributed by atoms with Gasteiger partial charge in [0.15, 0.2) is 0 Å². The maximum Gasteiger partial charge on any atom is 0.308 e. The second kappa shape index (κ2) is 6.18. The SMILES string of the molecule is CC(CN(C)C(=O)Cn1ccc2ccc(Cl)cc21)C(=O)O. The van der Waals surface area contributed by atoms with Crippen LogP contribution in [0.15, 0.2) is 30.5 Å². The van der Waals surface area contributed by atoms with E-state index in [4.69, 9.17) is 16.7 Å². The van der Waals surface area contributed by atoms with Gasteiger partial charge in [0, 0.05) is 30.3 Å². The number of aromatic nitrogens is 1. The fourth-order valence-electron chi connectivity index (χ4n) is 2.15. The van der Waals surface area contributed by atoms with Gasteiger partial charge in [-0.25, -0.2) is 0 Å². The number of carbonyl (C=O) groups is 2. The van der Waals surface area contributed by atoms with Crippen LogP contribution in [0, 0.1) is 5.92 Å². The Morgan fingerprint density at radius 1 is 1.38 bits per heavy atom. The highest BCUT2D eigenvalue weighted by atomic mass is 35.5. The molecule has 0 aliphatic carbocycles. The number of hydrogen-bond acceptors (Lipinski definition) is 2. The maximum absolute atomic E-state index is 12.2. The molecule has 21 heavy (non-hydrogen) atoms. The number of carboxylic acids is 1. The number of hydrogen-bond donors (Lipinski definition) is 1. The summed E-state index contributed by atoms with van der Waals surface area (Å²) in [4.78, 5) is 24.4. The number of fused-ring (bicyclic) bond motifs is 1. The summed E-state index contributed by atoms with van der Waals surface area (Å²) in [6.45, 7) is 1.93. The summed E-state index contributed by atoms with van der Waals surface area (Å²) < 4.78 is 1.81. The van der Waals surface area contributed by atoms with E-state index in [0.717, 1.165) is 10.9 Å². The van der Waals surface area contributed by atoms with Crippen molar-refractivity contribution < 1.29 is 14.7 Å². The van der Waals surface area contributed by atoms with Gasteiger partial charge in [0.1, 0.15) is 6.54 Å². The van der Waals surface area contributed by atoms with E-state index in [2.05, 4.69) is 0 Å². The first-order chi connectivity index (χ1) is 9.88. The van der Waals surface area contributed by atoms with Gasteiger partial charge < -0.3 is 14.6 Å². The Labute approximate surface area is 127 Å². The van der Waals surface area contributed by atoms with Crippen LogP contribution in [0.5, 0.6) is 0 Å². The molecular weight excluding hydrogens is 292 g/mol. The van der Waals surface area contributed by atoms with Crippen LogP contribution < -0.4 is 0 Å². The van der Waals surface area contributed by atoms with Gasteiger partial charge in [-0.05, 0) is 23.6 Å². The van der Waals surface area contributed by atoms with Crippen LogP contribution in [-0.4, -0.2) is 40.0 Å². The van der Waals surface area contributed by atoms with Crippen molar-refractivity contribution in [3.05, 3.63) is 35.5 Å². The highest BCUT2D eigenvalue weighted by Crippen LogP contribution is 2.20. The first-order valence-electron chi connectivity index (χ1n) is 6.59. The van der Waals surface area contributed by atoms with Crippen LogP contribution in [-0.2, 0) is 16.1 Å². The van der Waals surface area contributed by atoms with Crippen LogP contribution in [0.3, 0.4) is 0 Å². The first-order valence-corrected chi connectivity index (χ1v) is 6.97. The van der Waals surface area contributed by atoms with Crippen LogP contribution >= 0.6 is 11.6 Å². The van der Waals surface area contributed by atoms with Crippen molar-refractivity contribution in [1.82, 2.24) is 9.47 Å². The van der Waals surface area contributed by atoms with Crippen LogP contribution in [0.25, 0.3) is 10.9 Å². The van der Waals surface area contributed by atoms with Crippen LogP contribution in [0.4, 0.5) is 0 Å². The van der Waals surface area contributed by atoms with Gasteiger partial charge in [-0.2, -0.15) is 0 Å². The zero-order valence-corrected chi connectivity index (χ0v) is 12.7. The molecule has 0 radical (unpaired) electrons. The first kappa shape index (κ1) is 15.4. The summed E-state index contributed by atoms with van der Waals surface area (Å²) in [6, 6.07) is 7.43. The molecule has 0 spiro atoms. The molecule has 112 valence electrons. The molecule has 0 bridgehead atoms. The quantitative estimate of drug-likeness (QED) is 0.923. The Morgan fingerprint density at radius 2 is 2.10 bits per heavy atom. The number of benzene rings is 1. The van der Waals surface area contributed by atoms with E-state index in [-0.39, 0.29) is 19.0 Å². The number of carboxylic acid groups (broad SMARTS) is 1. The molecule has 1 unspecified atom stereocenters. The Hall–Kier alpha value is -2.01. The van der Waals surface area contributed by atoms with E-state index in [0.29, 0.717) is 5.02 Å². The van der Waals surface area contributed by atoms with Gasteiger partial charge in [0.25, 0.3) is 0 Å². The molecule has 0 saturated carbocycles. The largest absolute Gasteiger partial charge is 0.481 e. The maximum atomic E-state index is 12.2. The Balaban J connectivity index is 2.11. The zero-order chi connectivity index (χ0) is 15.6. The highest BCUT2D eigenvalue weighted by molar-refractivity contribution is 6.31. The lowest BCUT2D eigenvalue weighted by molar-refractivity contribution is -0.142. The second-order valence-electron chi connectivity index (χ2n) is 5.16. The molecule has 1 amide bonds. The lowest BCUT2D eigenvalue weighted by Crippen LogP contribution is -2.35. The van der Waals surface area contributed by atoms with Crippen molar-refractivity contribution in [2.75, 3.05) is 13.6 Å². The van der Waals surface area contributed by atoms with E-state index in [1.165, 1.54) is 4.90 Å². The molecule has 2 aromatic rings. The number of rotatable bonds is 5. The third kappa shape index (κ3) is 3.55. The smallest absolute Gasteiger partial charge is 0.308 e. The fourth-order valence-corrected chi connectivity index (χ4v) is 2.32. The third-order valence-corrected chi connectivity index (χ3v) is 3.67. The lowest BCUT2D eigenvalue weighted by atomic mass is 10.2. The van der Waals surface area contributed by atoms with Crippen molar-refractivity contribution >= 4 is 34.4 Å². The van der Waals surface area contributed by atoms with Gasteiger partial charge >= 0.3 is 5.97 Å². The molecule has 2 rings (SSSR count). The van der Waals surface area contributed by atoms with Crippen molar-refractivity contribution in [3.63, 3.8) is 0 Å². The average Bonchev–Trinajstić information content (AvgIpc) is 2.81. The predicted molar refractivity (Wildman–Crippen MR) is 81.4 cm³/mol. The predicted octanol–water partition coefficient (Wildman–Crippen LogP) is 2.47. The summed E-state index contributed by atoms with van der Waals surface area (Å²) in [5.74, 6) is -1.64. The molecule has 1 aromatic heterocycles. The van der Waals surface area contributed by atoms with E-state index >= 15 is 0 Å². The molecule has 1 atom stereocenters. The van der Waals surface area contributed by atoms with Crippen molar-refractivity contribution in [3.8, 4) is 0 Å². The normalized spacial score (nSPS) is 12.3. The molecule has 5 nitrogen and oxygen atoms in total. The van der Waals surface area contributed by atoms with Crippen molar-refractivity contribution in [2.45, 2.75) is 13.5 Å². The third-order valence-electron chi connectivity index (χ3n) is 3.44. The minimum atomic E-state index is -0.909. The van der Waals surface area contributed by atoms with E-state index < -0.39 is 11.9 Å². The Bertz CT molecular complexity index is 681. The average molecular weight is 309 g/mol. The molecule has 0 aliphatic heterocycles. The molecule has 6 heteroatoms.